The summed E-state index contributed by atoms with van der Waals surface area (Å²) in [6.45, 7) is 10.2. The normalized spacial score (nSPS) is 11.0. The van der Waals surface area contributed by atoms with Crippen LogP contribution in [0.1, 0.15) is 16.7 Å². The molecule has 0 aliphatic carbocycles. The molecule has 0 saturated carbocycles. The fourth-order valence-corrected chi connectivity index (χ4v) is 5.29. The van der Waals surface area contributed by atoms with Gasteiger partial charge in [0.15, 0.2) is 5.16 Å². The molecule has 7 heteroatoms. The van der Waals surface area contributed by atoms with E-state index in [1.807, 2.05) is 68.6 Å². The molecule has 2 heterocycles. The van der Waals surface area contributed by atoms with Crippen molar-refractivity contribution in [2.75, 3.05) is 11.1 Å². The maximum Gasteiger partial charge on any atom is 0.263 e. The maximum atomic E-state index is 13.4. The Kier molecular flexibility index (Phi) is 6.81. The summed E-state index contributed by atoms with van der Waals surface area (Å²) in [5.74, 6) is 0.00681. The number of hydrogen-bond donors (Lipinski definition) is 1. The number of hydrogen-bond acceptors (Lipinski definition) is 5. The van der Waals surface area contributed by atoms with Crippen LogP contribution in [0.3, 0.4) is 0 Å². The maximum absolute atomic E-state index is 13.4. The minimum atomic E-state index is -0.144. The Morgan fingerprint density at radius 2 is 1.91 bits per heavy atom. The van der Waals surface area contributed by atoms with Crippen molar-refractivity contribution in [3.05, 3.63) is 87.5 Å². The average Bonchev–Trinajstić information content (AvgIpc) is 3.22. The molecule has 0 spiro atoms. The van der Waals surface area contributed by atoms with Gasteiger partial charge < -0.3 is 5.32 Å². The van der Waals surface area contributed by atoms with E-state index < -0.39 is 0 Å². The van der Waals surface area contributed by atoms with Gasteiger partial charge >= 0.3 is 0 Å². The van der Waals surface area contributed by atoms with Gasteiger partial charge in [0.05, 0.1) is 11.1 Å². The lowest BCUT2D eigenvalue weighted by atomic mass is 10.1. The van der Waals surface area contributed by atoms with Crippen LogP contribution in [0, 0.1) is 20.8 Å². The molecule has 0 atom stereocenters. The molecular formula is C26H25N3O2S2. The predicted octanol–water partition coefficient (Wildman–Crippen LogP) is 5.97. The van der Waals surface area contributed by atoms with Crippen LogP contribution in [0.25, 0.3) is 21.3 Å². The van der Waals surface area contributed by atoms with E-state index in [1.54, 1.807) is 10.6 Å². The number of fused-ring (bicyclic) bond motifs is 1. The Bertz CT molecular complexity index is 1400. The first-order valence-electron chi connectivity index (χ1n) is 10.6. The van der Waals surface area contributed by atoms with Gasteiger partial charge in [-0.25, -0.2) is 4.98 Å². The lowest BCUT2D eigenvalue weighted by Gasteiger charge is -2.11. The van der Waals surface area contributed by atoms with Gasteiger partial charge in [0.1, 0.15) is 4.83 Å². The first kappa shape index (κ1) is 23.0. The second-order valence-electron chi connectivity index (χ2n) is 7.93. The smallest absolute Gasteiger partial charge is 0.263 e. The molecule has 5 nitrogen and oxygen atoms in total. The second kappa shape index (κ2) is 9.77. The highest BCUT2D eigenvalue weighted by atomic mass is 32.2. The summed E-state index contributed by atoms with van der Waals surface area (Å²) in [7, 11) is 0. The van der Waals surface area contributed by atoms with Crippen LogP contribution in [0.5, 0.6) is 0 Å². The zero-order valence-electron chi connectivity index (χ0n) is 18.8. The minimum absolute atomic E-state index is 0.117. The lowest BCUT2D eigenvalue weighted by Crippen LogP contribution is -2.23. The number of anilines is 1. The Labute approximate surface area is 201 Å². The molecule has 0 fully saturated rings. The molecule has 168 valence electrons. The van der Waals surface area contributed by atoms with E-state index in [-0.39, 0.29) is 17.2 Å². The fraction of sp³-hybridized carbons (Fsp3) is 0.192. The summed E-state index contributed by atoms with van der Waals surface area (Å²) in [5, 5.41) is 6.02. The number of rotatable bonds is 7. The van der Waals surface area contributed by atoms with Crippen molar-refractivity contribution in [3.63, 3.8) is 0 Å². The summed E-state index contributed by atoms with van der Waals surface area (Å²) in [6.07, 6.45) is 1.67. The number of aromatic nitrogens is 2. The summed E-state index contributed by atoms with van der Waals surface area (Å²) >= 11 is 2.70. The van der Waals surface area contributed by atoms with E-state index in [0.717, 1.165) is 22.4 Å². The molecule has 0 aliphatic rings. The largest absolute Gasteiger partial charge is 0.325 e. The number of carbonyl (C=O) groups excluding carboxylic acids is 1. The van der Waals surface area contributed by atoms with Crippen molar-refractivity contribution in [2.24, 2.45) is 0 Å². The van der Waals surface area contributed by atoms with Crippen LogP contribution < -0.4 is 10.9 Å². The molecule has 4 aromatic rings. The Balaban J connectivity index is 1.62. The van der Waals surface area contributed by atoms with Gasteiger partial charge in [-0.15, -0.1) is 17.9 Å². The summed E-state index contributed by atoms with van der Waals surface area (Å²) in [6, 6.07) is 13.9. The third kappa shape index (κ3) is 4.94. The number of nitrogens with zero attached hydrogens (tertiary/aromatic N) is 2. The van der Waals surface area contributed by atoms with Gasteiger partial charge in [-0.05, 0) is 49.6 Å². The van der Waals surface area contributed by atoms with E-state index in [9.17, 15) is 9.59 Å². The highest BCUT2D eigenvalue weighted by Crippen LogP contribution is 2.32. The Hall–Kier alpha value is -3.16. The fourth-order valence-electron chi connectivity index (χ4n) is 3.50. The molecule has 2 aromatic carbocycles. The van der Waals surface area contributed by atoms with E-state index in [2.05, 4.69) is 11.9 Å². The van der Waals surface area contributed by atoms with E-state index >= 15 is 0 Å². The van der Waals surface area contributed by atoms with Gasteiger partial charge in [0, 0.05) is 23.2 Å². The van der Waals surface area contributed by atoms with E-state index in [0.29, 0.717) is 21.9 Å². The minimum Gasteiger partial charge on any atom is -0.325 e. The molecule has 2 aromatic heterocycles. The highest BCUT2D eigenvalue weighted by Gasteiger charge is 2.18. The summed E-state index contributed by atoms with van der Waals surface area (Å²) in [4.78, 5) is 31.4. The number of aryl methyl sites for hydroxylation is 3. The number of amides is 1. The number of thiophene rings is 1. The van der Waals surface area contributed by atoms with E-state index in [4.69, 9.17) is 4.98 Å². The number of carbonyl (C=O) groups is 1. The van der Waals surface area contributed by atoms with Gasteiger partial charge in [-0.2, -0.15) is 0 Å². The van der Waals surface area contributed by atoms with Crippen molar-refractivity contribution in [1.29, 1.82) is 0 Å². The predicted molar refractivity (Wildman–Crippen MR) is 140 cm³/mol. The zero-order chi connectivity index (χ0) is 23.5. The SMILES string of the molecule is C=CCn1c(SCC(=O)Nc2ccc(C)c(C)c2)nc2scc(-c3ccc(C)cc3)c2c1=O. The van der Waals surface area contributed by atoms with Crippen LogP contribution in [-0.4, -0.2) is 21.2 Å². The molecule has 4 rings (SSSR count). The molecule has 1 N–H and O–H groups in total. The molecular weight excluding hydrogens is 450 g/mol. The van der Waals surface area contributed by atoms with Crippen LogP contribution in [-0.2, 0) is 11.3 Å². The first-order valence-corrected chi connectivity index (χ1v) is 12.4. The topological polar surface area (TPSA) is 64.0 Å². The van der Waals surface area contributed by atoms with Gasteiger partial charge in [0.25, 0.3) is 5.56 Å². The molecule has 1 amide bonds. The summed E-state index contributed by atoms with van der Waals surface area (Å²) in [5.41, 5.74) is 5.98. The quantitative estimate of drug-likeness (QED) is 0.203. The standard InChI is InChI=1S/C26H25N3O2S2/c1-5-12-29-25(31)23-21(19-9-6-16(2)7-10-19)14-32-24(23)28-26(29)33-15-22(30)27-20-11-8-17(3)18(4)13-20/h5-11,13-14H,1,12,15H2,2-4H3,(H,27,30). The van der Waals surface area contributed by atoms with Crippen LogP contribution in [0.2, 0.25) is 0 Å². The third-order valence-corrected chi connectivity index (χ3v) is 7.30. The van der Waals surface area contributed by atoms with Crippen LogP contribution in [0.4, 0.5) is 5.69 Å². The lowest BCUT2D eigenvalue weighted by molar-refractivity contribution is -0.113. The molecule has 0 bridgehead atoms. The molecule has 0 saturated heterocycles. The van der Waals surface area contributed by atoms with Gasteiger partial charge in [-0.1, -0.05) is 53.7 Å². The highest BCUT2D eigenvalue weighted by molar-refractivity contribution is 7.99. The Morgan fingerprint density at radius 3 is 2.61 bits per heavy atom. The van der Waals surface area contributed by atoms with Crippen LogP contribution in [0.15, 0.2) is 70.5 Å². The molecule has 0 aliphatic heterocycles. The molecule has 0 radical (unpaired) electrons. The summed E-state index contributed by atoms with van der Waals surface area (Å²) < 4.78 is 1.59. The number of nitrogens with one attached hydrogen (secondary N) is 1. The van der Waals surface area contributed by atoms with Crippen molar-refractivity contribution in [2.45, 2.75) is 32.5 Å². The zero-order valence-corrected chi connectivity index (χ0v) is 20.5. The van der Waals surface area contributed by atoms with Crippen molar-refractivity contribution < 1.29 is 4.79 Å². The Morgan fingerprint density at radius 1 is 1.15 bits per heavy atom. The third-order valence-electron chi connectivity index (χ3n) is 5.46. The molecule has 33 heavy (non-hydrogen) atoms. The second-order valence-corrected chi connectivity index (χ2v) is 9.73. The van der Waals surface area contributed by atoms with Crippen LogP contribution >= 0.6 is 23.1 Å². The van der Waals surface area contributed by atoms with Crippen molar-refractivity contribution >= 4 is 44.9 Å². The van der Waals surface area contributed by atoms with E-state index in [1.165, 1.54) is 34.2 Å². The number of allylic oxidation sites excluding steroid dienone is 1. The van der Waals surface area contributed by atoms with Gasteiger partial charge in [0.2, 0.25) is 5.91 Å². The monoisotopic (exact) mass is 475 g/mol. The average molecular weight is 476 g/mol. The first-order chi connectivity index (χ1) is 15.9. The molecule has 0 unspecified atom stereocenters. The number of thioether (sulfide) groups is 1. The van der Waals surface area contributed by atoms with Crippen molar-refractivity contribution in [3.8, 4) is 11.1 Å². The van der Waals surface area contributed by atoms with Gasteiger partial charge in [-0.3, -0.25) is 14.2 Å². The van der Waals surface area contributed by atoms with Crippen molar-refractivity contribution in [1.82, 2.24) is 9.55 Å². The number of benzene rings is 2.